The average molecular weight is 297 g/mol. The maximum Gasteiger partial charge on any atom is 0.239 e. The lowest BCUT2D eigenvalue weighted by atomic mass is 10.4. The van der Waals surface area contributed by atoms with Crippen molar-refractivity contribution in [3.63, 3.8) is 0 Å². The second-order valence-electron chi connectivity index (χ2n) is 4.01. The summed E-state index contributed by atoms with van der Waals surface area (Å²) in [5.41, 5.74) is 0.724. The quantitative estimate of drug-likeness (QED) is 0.873. The molecule has 0 saturated heterocycles. The summed E-state index contributed by atoms with van der Waals surface area (Å²) < 4.78 is 4.94. The number of rotatable bonds is 4. The minimum atomic E-state index is -0.287. The Morgan fingerprint density at radius 2 is 2.21 bits per heavy atom. The van der Waals surface area contributed by atoms with Crippen molar-refractivity contribution in [3.05, 3.63) is 41.0 Å². The average Bonchev–Trinajstić information content (AvgIpc) is 2.77. The van der Waals surface area contributed by atoms with E-state index >= 15 is 0 Å². The van der Waals surface area contributed by atoms with E-state index < -0.39 is 0 Å². The molecule has 0 spiro atoms. The predicted molar refractivity (Wildman–Crippen MR) is 76.6 cm³/mol. The first-order chi connectivity index (χ1) is 9.06. The molecule has 6 heteroatoms. The number of thioether (sulfide) groups is 1. The molecule has 0 aliphatic rings. The largest absolute Gasteiger partial charge is 0.338 e. The molecular weight excluding hydrogens is 284 g/mol. The molecule has 0 aliphatic heterocycles. The number of anilines is 1. The summed E-state index contributed by atoms with van der Waals surface area (Å²) in [5.74, 6) is 0.204. The van der Waals surface area contributed by atoms with E-state index in [1.54, 1.807) is 19.1 Å². The molecule has 1 atom stereocenters. The summed E-state index contributed by atoms with van der Waals surface area (Å²) >= 11 is 7.45. The van der Waals surface area contributed by atoms with Gasteiger partial charge >= 0.3 is 0 Å². The van der Waals surface area contributed by atoms with Crippen LogP contribution in [0, 0.1) is 6.92 Å². The number of hydrogen-bond acceptors (Lipinski definition) is 4. The van der Waals surface area contributed by atoms with Gasteiger partial charge in [0.1, 0.15) is 0 Å². The maximum absolute atomic E-state index is 12.0. The SMILES string of the molecule is Cc1cc(NC(=O)[C@H](C)Sc2ccccc2Cl)on1. The summed E-state index contributed by atoms with van der Waals surface area (Å²) in [4.78, 5) is 12.9. The Morgan fingerprint density at radius 1 is 1.47 bits per heavy atom. The van der Waals surface area contributed by atoms with Crippen LogP contribution in [0.1, 0.15) is 12.6 Å². The molecule has 4 nitrogen and oxygen atoms in total. The van der Waals surface area contributed by atoms with Crippen LogP contribution in [0.5, 0.6) is 0 Å². The van der Waals surface area contributed by atoms with E-state index in [-0.39, 0.29) is 11.2 Å². The van der Waals surface area contributed by atoms with Crippen molar-refractivity contribution in [2.45, 2.75) is 24.0 Å². The number of aromatic nitrogens is 1. The van der Waals surface area contributed by atoms with Gasteiger partial charge in [-0.25, -0.2) is 0 Å². The third-order valence-electron chi connectivity index (χ3n) is 2.38. The summed E-state index contributed by atoms with van der Waals surface area (Å²) in [7, 11) is 0. The van der Waals surface area contributed by atoms with Crippen molar-refractivity contribution in [2.24, 2.45) is 0 Å². The van der Waals surface area contributed by atoms with E-state index in [9.17, 15) is 4.79 Å². The molecule has 100 valence electrons. The van der Waals surface area contributed by atoms with Crippen LogP contribution < -0.4 is 5.32 Å². The normalized spacial score (nSPS) is 12.2. The zero-order valence-corrected chi connectivity index (χ0v) is 12.1. The molecule has 1 N–H and O–H groups in total. The Kier molecular flexibility index (Phi) is 4.50. The highest BCUT2D eigenvalue weighted by Gasteiger charge is 2.17. The van der Waals surface area contributed by atoms with Crippen molar-refractivity contribution < 1.29 is 9.32 Å². The molecule has 2 aromatic rings. The van der Waals surface area contributed by atoms with E-state index in [0.29, 0.717) is 10.9 Å². The van der Waals surface area contributed by atoms with Gasteiger partial charge in [-0.3, -0.25) is 10.1 Å². The molecule has 0 fully saturated rings. The molecule has 1 aromatic heterocycles. The minimum Gasteiger partial charge on any atom is -0.338 e. The Labute approximate surface area is 120 Å². The highest BCUT2D eigenvalue weighted by atomic mass is 35.5. The Hall–Kier alpha value is -1.46. The van der Waals surface area contributed by atoms with Gasteiger partial charge in [-0.15, -0.1) is 11.8 Å². The van der Waals surface area contributed by atoms with Crippen LogP contribution in [-0.2, 0) is 4.79 Å². The van der Waals surface area contributed by atoms with Gasteiger partial charge in [-0.2, -0.15) is 0 Å². The standard InChI is InChI=1S/C13H13ClN2O2S/c1-8-7-12(18-16-8)15-13(17)9(2)19-11-6-4-3-5-10(11)14/h3-7,9H,1-2H3,(H,15,17)/t9-/m0/s1. The van der Waals surface area contributed by atoms with Gasteiger partial charge < -0.3 is 4.52 Å². The van der Waals surface area contributed by atoms with Crippen molar-refractivity contribution in [2.75, 3.05) is 5.32 Å². The Balaban J connectivity index is 1.98. The summed E-state index contributed by atoms with van der Waals surface area (Å²) in [5, 5.41) is 6.73. The molecule has 0 saturated carbocycles. The second-order valence-corrected chi connectivity index (χ2v) is 5.80. The number of carbonyl (C=O) groups is 1. The fourth-order valence-electron chi connectivity index (χ4n) is 1.43. The fourth-order valence-corrected chi connectivity index (χ4v) is 2.58. The number of nitrogens with zero attached hydrogens (tertiary/aromatic N) is 1. The van der Waals surface area contributed by atoms with Crippen molar-refractivity contribution in [1.29, 1.82) is 0 Å². The van der Waals surface area contributed by atoms with Crippen molar-refractivity contribution in [1.82, 2.24) is 5.16 Å². The van der Waals surface area contributed by atoms with Crippen LogP contribution in [0.2, 0.25) is 5.02 Å². The lowest BCUT2D eigenvalue weighted by molar-refractivity contribution is -0.115. The number of hydrogen-bond donors (Lipinski definition) is 1. The van der Waals surface area contributed by atoms with Gasteiger partial charge in [0, 0.05) is 11.0 Å². The number of nitrogens with one attached hydrogen (secondary N) is 1. The summed E-state index contributed by atoms with van der Waals surface area (Å²) in [6.07, 6.45) is 0. The zero-order chi connectivity index (χ0) is 13.8. The molecule has 2 rings (SSSR count). The van der Waals surface area contributed by atoms with Crippen LogP contribution in [0.15, 0.2) is 39.8 Å². The smallest absolute Gasteiger partial charge is 0.239 e. The minimum absolute atomic E-state index is 0.152. The Morgan fingerprint density at radius 3 is 2.84 bits per heavy atom. The first kappa shape index (κ1) is 14.0. The molecule has 0 unspecified atom stereocenters. The van der Waals surface area contributed by atoms with Gasteiger partial charge in [0.25, 0.3) is 0 Å². The predicted octanol–water partition coefficient (Wildman–Crippen LogP) is 3.76. The van der Waals surface area contributed by atoms with E-state index in [0.717, 1.165) is 10.6 Å². The molecule has 1 heterocycles. The first-order valence-electron chi connectivity index (χ1n) is 5.71. The molecular formula is C13H13ClN2O2S. The topological polar surface area (TPSA) is 55.1 Å². The second kappa shape index (κ2) is 6.12. The van der Waals surface area contributed by atoms with Crippen LogP contribution in [0.3, 0.4) is 0 Å². The summed E-state index contributed by atoms with van der Waals surface area (Å²) in [6.45, 7) is 3.60. The third-order valence-corrected chi connectivity index (χ3v) is 4.00. The number of amides is 1. The van der Waals surface area contributed by atoms with E-state index in [4.69, 9.17) is 16.1 Å². The van der Waals surface area contributed by atoms with Crippen LogP contribution in [0.4, 0.5) is 5.88 Å². The highest BCUT2D eigenvalue weighted by Crippen LogP contribution is 2.30. The molecule has 0 bridgehead atoms. The molecule has 1 amide bonds. The molecule has 1 aromatic carbocycles. The van der Waals surface area contributed by atoms with Crippen LogP contribution in [-0.4, -0.2) is 16.3 Å². The lowest BCUT2D eigenvalue weighted by Crippen LogP contribution is -2.22. The Bertz CT molecular complexity index is 586. The van der Waals surface area contributed by atoms with Gasteiger partial charge in [0.2, 0.25) is 11.8 Å². The molecule has 19 heavy (non-hydrogen) atoms. The first-order valence-corrected chi connectivity index (χ1v) is 6.97. The monoisotopic (exact) mass is 296 g/mol. The van der Waals surface area contributed by atoms with Crippen molar-refractivity contribution >= 4 is 35.2 Å². The van der Waals surface area contributed by atoms with E-state index in [2.05, 4.69) is 10.5 Å². The maximum atomic E-state index is 12.0. The number of halogens is 1. The number of carbonyl (C=O) groups excluding carboxylic acids is 1. The van der Waals surface area contributed by atoms with Gasteiger partial charge in [0.15, 0.2) is 0 Å². The van der Waals surface area contributed by atoms with E-state index in [1.807, 2.05) is 25.1 Å². The van der Waals surface area contributed by atoms with Gasteiger partial charge in [0.05, 0.1) is 16.0 Å². The molecule has 0 aliphatic carbocycles. The fraction of sp³-hybridized carbons (Fsp3) is 0.231. The molecule has 0 radical (unpaired) electrons. The highest BCUT2D eigenvalue weighted by molar-refractivity contribution is 8.00. The van der Waals surface area contributed by atoms with Gasteiger partial charge in [-0.1, -0.05) is 28.9 Å². The lowest BCUT2D eigenvalue weighted by Gasteiger charge is -2.11. The van der Waals surface area contributed by atoms with Crippen LogP contribution in [0.25, 0.3) is 0 Å². The number of aryl methyl sites for hydroxylation is 1. The van der Waals surface area contributed by atoms with E-state index in [1.165, 1.54) is 11.8 Å². The zero-order valence-electron chi connectivity index (χ0n) is 10.5. The number of benzene rings is 1. The third kappa shape index (κ3) is 3.75. The van der Waals surface area contributed by atoms with Crippen LogP contribution >= 0.6 is 23.4 Å². The van der Waals surface area contributed by atoms with Gasteiger partial charge in [-0.05, 0) is 26.0 Å². The summed E-state index contributed by atoms with van der Waals surface area (Å²) in [6, 6.07) is 9.10. The van der Waals surface area contributed by atoms with Crippen molar-refractivity contribution in [3.8, 4) is 0 Å².